The third-order valence-corrected chi connectivity index (χ3v) is 5.71. The molecule has 23 heavy (non-hydrogen) atoms. The molecule has 1 unspecified atom stereocenters. The number of hydrogen-bond donors (Lipinski definition) is 0. The van der Waals surface area contributed by atoms with E-state index in [-0.39, 0.29) is 11.5 Å². The fourth-order valence-corrected chi connectivity index (χ4v) is 4.39. The first-order valence-electron chi connectivity index (χ1n) is 8.30. The predicted octanol–water partition coefficient (Wildman–Crippen LogP) is 3.05. The number of fused-ring (bicyclic) bond motifs is 1. The monoisotopic (exact) mass is 333 g/mol. The zero-order valence-corrected chi connectivity index (χ0v) is 14.8. The Balaban J connectivity index is 2.02. The van der Waals surface area contributed by atoms with Gasteiger partial charge in [-0.25, -0.2) is 4.98 Å². The fraction of sp³-hybridized carbons (Fsp3) is 0.588. The van der Waals surface area contributed by atoms with E-state index in [0.29, 0.717) is 27.6 Å². The Bertz CT molecular complexity index is 793. The molecule has 1 atom stereocenters. The lowest BCUT2D eigenvalue weighted by molar-refractivity contribution is 0.0687. The summed E-state index contributed by atoms with van der Waals surface area (Å²) in [6.45, 7) is 8.36. The molecule has 0 spiro atoms. The van der Waals surface area contributed by atoms with Crippen LogP contribution in [-0.2, 0) is 6.54 Å². The first kappa shape index (κ1) is 16.2. The normalized spacial score (nSPS) is 18.6. The quantitative estimate of drug-likeness (QED) is 0.867. The SMILES string of the molecule is CCCn1cnc2sc(C(=O)N3CCCC(C)C3)c(C)c2c1=O. The first-order valence-corrected chi connectivity index (χ1v) is 9.12. The van der Waals surface area contributed by atoms with E-state index in [9.17, 15) is 9.59 Å². The molecule has 3 heterocycles. The van der Waals surface area contributed by atoms with Crippen molar-refractivity contribution in [2.45, 2.75) is 46.6 Å². The zero-order valence-electron chi connectivity index (χ0n) is 14.0. The number of likely N-dealkylation sites (tertiary alicyclic amines) is 1. The average molecular weight is 333 g/mol. The van der Waals surface area contributed by atoms with Crippen LogP contribution >= 0.6 is 11.3 Å². The van der Waals surface area contributed by atoms with Gasteiger partial charge in [-0.15, -0.1) is 11.3 Å². The number of carbonyl (C=O) groups excluding carboxylic acids is 1. The van der Waals surface area contributed by atoms with Gasteiger partial charge in [0.05, 0.1) is 16.6 Å². The minimum absolute atomic E-state index is 0.0309. The lowest BCUT2D eigenvalue weighted by Gasteiger charge is -2.30. The Morgan fingerprint density at radius 2 is 2.26 bits per heavy atom. The van der Waals surface area contributed by atoms with Gasteiger partial charge in [-0.05, 0) is 37.7 Å². The van der Waals surface area contributed by atoms with Crippen molar-refractivity contribution in [2.75, 3.05) is 13.1 Å². The summed E-state index contributed by atoms with van der Waals surface area (Å²) in [6, 6.07) is 0. The molecule has 2 aromatic rings. The molecule has 2 aromatic heterocycles. The standard InChI is InChI=1S/C17H23N3O2S/c1-4-7-20-10-18-15-13(16(20)21)12(3)14(23-15)17(22)19-8-5-6-11(2)9-19/h10-11H,4-9H2,1-3H3. The lowest BCUT2D eigenvalue weighted by Crippen LogP contribution is -2.39. The highest BCUT2D eigenvalue weighted by atomic mass is 32.1. The summed E-state index contributed by atoms with van der Waals surface area (Å²) in [6.07, 6.45) is 4.71. The van der Waals surface area contributed by atoms with Crippen LogP contribution in [0.1, 0.15) is 48.3 Å². The molecule has 0 N–H and O–H groups in total. The summed E-state index contributed by atoms with van der Waals surface area (Å²) in [5, 5.41) is 0.611. The lowest BCUT2D eigenvalue weighted by atomic mass is 10.00. The summed E-state index contributed by atoms with van der Waals surface area (Å²) in [4.78, 5) is 33.1. The number of aromatic nitrogens is 2. The van der Waals surface area contributed by atoms with E-state index in [4.69, 9.17) is 0 Å². The van der Waals surface area contributed by atoms with Crippen LogP contribution in [0.3, 0.4) is 0 Å². The fourth-order valence-electron chi connectivity index (χ4n) is 3.28. The number of thiophene rings is 1. The van der Waals surface area contributed by atoms with E-state index in [2.05, 4.69) is 11.9 Å². The van der Waals surface area contributed by atoms with Crippen LogP contribution in [0.15, 0.2) is 11.1 Å². The van der Waals surface area contributed by atoms with Crippen LogP contribution in [0.4, 0.5) is 0 Å². The van der Waals surface area contributed by atoms with Crippen molar-refractivity contribution >= 4 is 27.5 Å². The van der Waals surface area contributed by atoms with Gasteiger partial charge >= 0.3 is 0 Å². The highest BCUT2D eigenvalue weighted by Crippen LogP contribution is 2.29. The number of nitrogens with zero attached hydrogens (tertiary/aromatic N) is 3. The predicted molar refractivity (Wildman–Crippen MR) is 93.2 cm³/mol. The second-order valence-electron chi connectivity index (χ2n) is 6.48. The number of piperidine rings is 1. The van der Waals surface area contributed by atoms with Gasteiger partial charge in [0.2, 0.25) is 0 Å². The molecule has 124 valence electrons. The molecule has 1 aliphatic rings. The highest BCUT2D eigenvalue weighted by Gasteiger charge is 2.26. The minimum atomic E-state index is -0.0309. The van der Waals surface area contributed by atoms with Gasteiger partial charge in [0.25, 0.3) is 11.5 Å². The summed E-state index contributed by atoms with van der Waals surface area (Å²) in [5.41, 5.74) is 0.757. The van der Waals surface area contributed by atoms with E-state index in [1.54, 1.807) is 10.9 Å². The van der Waals surface area contributed by atoms with Crippen LogP contribution < -0.4 is 5.56 Å². The first-order chi connectivity index (χ1) is 11.0. The van der Waals surface area contributed by atoms with Crippen molar-refractivity contribution in [3.8, 4) is 0 Å². The van der Waals surface area contributed by atoms with Gasteiger partial charge < -0.3 is 4.90 Å². The van der Waals surface area contributed by atoms with E-state index < -0.39 is 0 Å². The molecular weight excluding hydrogens is 310 g/mol. The summed E-state index contributed by atoms with van der Waals surface area (Å²) in [7, 11) is 0. The Hall–Kier alpha value is -1.69. The Labute approximate surface area is 139 Å². The smallest absolute Gasteiger partial charge is 0.264 e. The molecule has 6 heteroatoms. The average Bonchev–Trinajstić information content (AvgIpc) is 2.87. The number of carbonyl (C=O) groups is 1. The summed E-state index contributed by atoms with van der Waals surface area (Å²) in [5.74, 6) is 0.598. The number of aryl methyl sites for hydroxylation is 2. The van der Waals surface area contributed by atoms with Crippen LogP contribution in [0.25, 0.3) is 10.2 Å². The van der Waals surface area contributed by atoms with Gasteiger partial charge in [0.15, 0.2) is 0 Å². The third-order valence-electron chi connectivity index (χ3n) is 4.52. The molecule has 1 aliphatic heterocycles. The number of hydrogen-bond acceptors (Lipinski definition) is 4. The van der Waals surface area contributed by atoms with E-state index in [0.717, 1.165) is 31.5 Å². The summed E-state index contributed by atoms with van der Waals surface area (Å²) >= 11 is 1.35. The maximum Gasteiger partial charge on any atom is 0.264 e. The molecule has 0 radical (unpaired) electrons. The molecule has 5 nitrogen and oxygen atoms in total. The van der Waals surface area contributed by atoms with Crippen molar-refractivity contribution < 1.29 is 4.79 Å². The van der Waals surface area contributed by atoms with Crippen molar-refractivity contribution in [2.24, 2.45) is 5.92 Å². The Kier molecular flexibility index (Phi) is 4.53. The van der Waals surface area contributed by atoms with Gasteiger partial charge in [0, 0.05) is 19.6 Å². The molecule has 3 rings (SSSR count). The molecule has 0 bridgehead atoms. The topological polar surface area (TPSA) is 55.2 Å². The molecule has 0 saturated carbocycles. The molecule has 1 amide bonds. The van der Waals surface area contributed by atoms with Gasteiger partial charge in [0.1, 0.15) is 4.83 Å². The second kappa shape index (κ2) is 6.43. The van der Waals surface area contributed by atoms with Crippen molar-refractivity contribution in [3.63, 3.8) is 0 Å². The van der Waals surface area contributed by atoms with Crippen LogP contribution in [0.2, 0.25) is 0 Å². The molecule has 1 saturated heterocycles. The zero-order chi connectivity index (χ0) is 16.6. The van der Waals surface area contributed by atoms with Gasteiger partial charge in [-0.2, -0.15) is 0 Å². The maximum atomic E-state index is 12.9. The van der Waals surface area contributed by atoms with Gasteiger partial charge in [-0.1, -0.05) is 13.8 Å². The largest absolute Gasteiger partial charge is 0.338 e. The van der Waals surface area contributed by atoms with Crippen molar-refractivity contribution in [1.29, 1.82) is 0 Å². The van der Waals surface area contributed by atoms with Crippen LogP contribution in [0.5, 0.6) is 0 Å². The Morgan fingerprint density at radius 1 is 1.48 bits per heavy atom. The number of amides is 1. The van der Waals surface area contributed by atoms with E-state index in [1.807, 2.05) is 18.7 Å². The van der Waals surface area contributed by atoms with Crippen molar-refractivity contribution in [1.82, 2.24) is 14.5 Å². The van der Waals surface area contributed by atoms with Crippen molar-refractivity contribution in [3.05, 3.63) is 27.1 Å². The third kappa shape index (κ3) is 2.92. The van der Waals surface area contributed by atoms with E-state index >= 15 is 0 Å². The second-order valence-corrected chi connectivity index (χ2v) is 7.48. The minimum Gasteiger partial charge on any atom is -0.338 e. The highest BCUT2D eigenvalue weighted by molar-refractivity contribution is 7.20. The Morgan fingerprint density at radius 3 is 2.96 bits per heavy atom. The maximum absolute atomic E-state index is 12.9. The van der Waals surface area contributed by atoms with Crippen LogP contribution in [0, 0.1) is 12.8 Å². The van der Waals surface area contributed by atoms with E-state index in [1.165, 1.54) is 17.8 Å². The van der Waals surface area contributed by atoms with Crippen LogP contribution in [-0.4, -0.2) is 33.4 Å². The molecule has 1 fully saturated rings. The summed E-state index contributed by atoms with van der Waals surface area (Å²) < 4.78 is 1.64. The molecule has 0 aromatic carbocycles. The van der Waals surface area contributed by atoms with Gasteiger partial charge in [-0.3, -0.25) is 14.2 Å². The number of rotatable bonds is 3. The molecular formula is C17H23N3O2S. The molecule has 0 aliphatic carbocycles.